The Morgan fingerprint density at radius 2 is 1.72 bits per heavy atom. The lowest BCUT2D eigenvalue weighted by Gasteiger charge is -2.31. The zero-order chi connectivity index (χ0) is 21.1. The van der Waals surface area contributed by atoms with Gasteiger partial charge in [-0.2, -0.15) is 0 Å². The van der Waals surface area contributed by atoms with Crippen LogP contribution in [0.4, 0.5) is 0 Å². The number of hydrogen-bond acceptors (Lipinski definition) is 3. The fraction of sp³-hybridized carbons (Fsp3) is 0.417. The van der Waals surface area contributed by atoms with Crippen LogP contribution in [0.15, 0.2) is 59.5 Å². The Balaban J connectivity index is 2.17. The van der Waals surface area contributed by atoms with E-state index in [-0.39, 0.29) is 11.8 Å². The summed E-state index contributed by atoms with van der Waals surface area (Å²) in [6.45, 7) is 7.20. The van der Waals surface area contributed by atoms with E-state index in [0.717, 1.165) is 28.9 Å². The molecule has 0 aliphatic carbocycles. The SMILES string of the molecule is CCCCNC(=O)[C@@H](CC)N(Cc1ccccc1C)C(=O)CSc1ccccc1. The van der Waals surface area contributed by atoms with Crippen molar-refractivity contribution in [2.24, 2.45) is 0 Å². The molecule has 2 amide bonds. The molecule has 4 nitrogen and oxygen atoms in total. The van der Waals surface area contributed by atoms with Gasteiger partial charge >= 0.3 is 0 Å². The molecule has 2 aromatic rings. The maximum atomic E-state index is 13.2. The highest BCUT2D eigenvalue weighted by molar-refractivity contribution is 8.00. The normalized spacial score (nSPS) is 11.7. The number of carbonyl (C=O) groups is 2. The zero-order valence-electron chi connectivity index (χ0n) is 17.7. The number of amides is 2. The zero-order valence-corrected chi connectivity index (χ0v) is 18.5. The average molecular weight is 413 g/mol. The lowest BCUT2D eigenvalue weighted by molar-refractivity contribution is -0.139. The molecule has 0 unspecified atom stereocenters. The molecule has 0 saturated carbocycles. The van der Waals surface area contributed by atoms with Crippen LogP contribution in [-0.2, 0) is 16.1 Å². The monoisotopic (exact) mass is 412 g/mol. The molecular formula is C24H32N2O2S. The minimum Gasteiger partial charge on any atom is -0.354 e. The molecule has 29 heavy (non-hydrogen) atoms. The summed E-state index contributed by atoms with van der Waals surface area (Å²) < 4.78 is 0. The summed E-state index contributed by atoms with van der Waals surface area (Å²) in [4.78, 5) is 28.8. The second-order valence-electron chi connectivity index (χ2n) is 7.12. The maximum Gasteiger partial charge on any atom is 0.242 e. The number of rotatable bonds is 11. The van der Waals surface area contributed by atoms with Gasteiger partial charge in [0, 0.05) is 18.0 Å². The largest absolute Gasteiger partial charge is 0.354 e. The van der Waals surface area contributed by atoms with Crippen molar-refractivity contribution in [2.75, 3.05) is 12.3 Å². The molecule has 156 valence electrons. The molecule has 2 rings (SSSR count). The Labute approximate surface area is 179 Å². The fourth-order valence-corrected chi connectivity index (χ4v) is 3.95. The molecular weight excluding hydrogens is 380 g/mol. The van der Waals surface area contributed by atoms with Crippen molar-refractivity contribution in [1.29, 1.82) is 0 Å². The number of benzene rings is 2. The van der Waals surface area contributed by atoms with Gasteiger partial charge in [0.25, 0.3) is 0 Å². The summed E-state index contributed by atoms with van der Waals surface area (Å²) in [5, 5.41) is 3.00. The van der Waals surface area contributed by atoms with E-state index < -0.39 is 6.04 Å². The summed E-state index contributed by atoms with van der Waals surface area (Å²) in [6, 6.07) is 17.5. The van der Waals surface area contributed by atoms with Gasteiger partial charge in [0.05, 0.1) is 5.75 Å². The van der Waals surface area contributed by atoms with E-state index >= 15 is 0 Å². The van der Waals surface area contributed by atoms with E-state index in [4.69, 9.17) is 0 Å². The Morgan fingerprint density at radius 1 is 1.03 bits per heavy atom. The first-order valence-electron chi connectivity index (χ1n) is 10.4. The second kappa shape index (κ2) is 12.3. The Hall–Kier alpha value is -2.27. The second-order valence-corrected chi connectivity index (χ2v) is 8.17. The van der Waals surface area contributed by atoms with E-state index in [2.05, 4.69) is 12.2 Å². The maximum absolute atomic E-state index is 13.2. The van der Waals surface area contributed by atoms with Crippen LogP contribution in [0.1, 0.15) is 44.2 Å². The predicted octanol–water partition coefficient (Wildman–Crippen LogP) is 4.81. The van der Waals surface area contributed by atoms with Crippen LogP contribution in [-0.4, -0.2) is 35.1 Å². The summed E-state index contributed by atoms with van der Waals surface area (Å²) in [6.07, 6.45) is 2.56. The minimum absolute atomic E-state index is 0.0143. The summed E-state index contributed by atoms with van der Waals surface area (Å²) in [5.41, 5.74) is 2.20. The lowest BCUT2D eigenvalue weighted by atomic mass is 10.1. The van der Waals surface area contributed by atoms with Crippen LogP contribution in [0.5, 0.6) is 0 Å². The minimum atomic E-state index is -0.463. The standard InChI is InChI=1S/C24H32N2O2S/c1-4-6-16-25-24(28)22(5-2)26(17-20-13-11-10-12-19(20)3)23(27)18-29-21-14-8-7-9-15-21/h7-15,22H,4-6,16-18H2,1-3H3,(H,25,28)/t22-/m1/s1. The molecule has 0 radical (unpaired) electrons. The number of aryl methyl sites for hydroxylation is 1. The van der Waals surface area contributed by atoms with Gasteiger partial charge in [-0.1, -0.05) is 62.7 Å². The number of nitrogens with zero attached hydrogens (tertiary/aromatic N) is 1. The number of nitrogens with one attached hydrogen (secondary N) is 1. The Kier molecular flexibility index (Phi) is 9.78. The topological polar surface area (TPSA) is 49.4 Å². The molecule has 0 aliphatic rings. The lowest BCUT2D eigenvalue weighted by Crippen LogP contribution is -2.49. The Bertz CT molecular complexity index is 779. The van der Waals surface area contributed by atoms with Gasteiger partial charge in [-0.25, -0.2) is 0 Å². The van der Waals surface area contributed by atoms with Gasteiger partial charge in [-0.3, -0.25) is 9.59 Å². The first-order chi connectivity index (χ1) is 14.1. The molecule has 1 atom stereocenters. The Morgan fingerprint density at radius 3 is 2.38 bits per heavy atom. The first kappa shape index (κ1) is 23.0. The van der Waals surface area contributed by atoms with Crippen molar-refractivity contribution in [2.45, 2.75) is 57.5 Å². The number of thioether (sulfide) groups is 1. The molecule has 0 aliphatic heterocycles. The third kappa shape index (κ3) is 7.24. The van der Waals surface area contributed by atoms with Crippen LogP contribution >= 0.6 is 11.8 Å². The third-order valence-electron chi connectivity index (χ3n) is 4.92. The molecule has 0 fully saturated rings. The van der Waals surface area contributed by atoms with E-state index in [0.29, 0.717) is 25.3 Å². The van der Waals surface area contributed by atoms with Crippen molar-refractivity contribution in [3.63, 3.8) is 0 Å². The van der Waals surface area contributed by atoms with Crippen molar-refractivity contribution >= 4 is 23.6 Å². The van der Waals surface area contributed by atoms with Crippen LogP contribution in [0.25, 0.3) is 0 Å². The van der Waals surface area contributed by atoms with Crippen molar-refractivity contribution in [3.8, 4) is 0 Å². The van der Waals surface area contributed by atoms with E-state index in [9.17, 15) is 9.59 Å². The van der Waals surface area contributed by atoms with Crippen molar-refractivity contribution in [3.05, 3.63) is 65.7 Å². The summed E-state index contributed by atoms with van der Waals surface area (Å²) in [5.74, 6) is 0.237. The van der Waals surface area contributed by atoms with E-state index in [1.807, 2.05) is 68.4 Å². The highest BCUT2D eigenvalue weighted by Crippen LogP contribution is 2.21. The van der Waals surface area contributed by atoms with Gasteiger partial charge in [0.1, 0.15) is 6.04 Å². The molecule has 5 heteroatoms. The molecule has 0 spiro atoms. The van der Waals surface area contributed by atoms with Crippen molar-refractivity contribution in [1.82, 2.24) is 10.2 Å². The molecule has 1 N–H and O–H groups in total. The average Bonchev–Trinajstić information content (AvgIpc) is 2.74. The molecule has 2 aromatic carbocycles. The summed E-state index contributed by atoms with van der Waals surface area (Å²) in [7, 11) is 0. The van der Waals surface area contributed by atoms with E-state index in [1.165, 1.54) is 11.8 Å². The van der Waals surface area contributed by atoms with Crippen LogP contribution in [0, 0.1) is 6.92 Å². The van der Waals surface area contributed by atoms with Crippen LogP contribution in [0.3, 0.4) is 0 Å². The van der Waals surface area contributed by atoms with E-state index in [1.54, 1.807) is 4.90 Å². The fourth-order valence-electron chi connectivity index (χ4n) is 3.14. The molecule has 0 saturated heterocycles. The molecule has 0 aromatic heterocycles. The molecule has 0 heterocycles. The predicted molar refractivity (Wildman–Crippen MR) is 121 cm³/mol. The van der Waals surface area contributed by atoms with Gasteiger partial charge in [0.2, 0.25) is 11.8 Å². The third-order valence-corrected chi connectivity index (χ3v) is 5.92. The molecule has 0 bridgehead atoms. The quantitative estimate of drug-likeness (QED) is 0.426. The number of unbranched alkanes of at least 4 members (excludes halogenated alkanes) is 1. The highest BCUT2D eigenvalue weighted by Gasteiger charge is 2.28. The number of carbonyl (C=O) groups excluding carboxylic acids is 2. The van der Waals surface area contributed by atoms with Crippen molar-refractivity contribution < 1.29 is 9.59 Å². The first-order valence-corrected chi connectivity index (χ1v) is 11.3. The van der Waals surface area contributed by atoms with Crippen LogP contribution < -0.4 is 5.32 Å². The van der Waals surface area contributed by atoms with Gasteiger partial charge in [0.15, 0.2) is 0 Å². The summed E-state index contributed by atoms with van der Waals surface area (Å²) >= 11 is 1.51. The van der Waals surface area contributed by atoms with Gasteiger partial charge < -0.3 is 10.2 Å². The smallest absolute Gasteiger partial charge is 0.242 e. The highest BCUT2D eigenvalue weighted by atomic mass is 32.2. The van der Waals surface area contributed by atoms with Gasteiger partial charge in [-0.05, 0) is 43.0 Å². The van der Waals surface area contributed by atoms with Crippen LogP contribution in [0.2, 0.25) is 0 Å². The van der Waals surface area contributed by atoms with Gasteiger partial charge in [-0.15, -0.1) is 11.8 Å². The number of hydrogen-bond donors (Lipinski definition) is 1.